The molecule has 7 nitrogen and oxygen atoms in total. The zero-order valence-corrected chi connectivity index (χ0v) is 13.8. The van der Waals surface area contributed by atoms with Gasteiger partial charge in [-0.2, -0.15) is 5.10 Å². The highest BCUT2D eigenvalue weighted by molar-refractivity contribution is 7.11. The van der Waals surface area contributed by atoms with Crippen LogP contribution >= 0.6 is 11.3 Å². The van der Waals surface area contributed by atoms with Crippen LogP contribution in [0.2, 0.25) is 0 Å². The molecule has 0 aliphatic rings. The topological polar surface area (TPSA) is 85.6 Å². The highest BCUT2D eigenvalue weighted by Gasteiger charge is 2.17. The van der Waals surface area contributed by atoms with Crippen molar-refractivity contribution in [1.82, 2.24) is 30.0 Å². The number of rotatable bonds is 4. The van der Waals surface area contributed by atoms with Crippen LogP contribution in [0.15, 0.2) is 31.0 Å². The Kier molecular flexibility index (Phi) is 4.16. The summed E-state index contributed by atoms with van der Waals surface area (Å²) in [6.07, 6.45) is 4.54. The normalized spacial score (nSPS) is 12.1. The molecule has 0 aliphatic carbocycles. The molecule has 118 valence electrons. The van der Waals surface area contributed by atoms with Crippen molar-refractivity contribution in [1.29, 1.82) is 0 Å². The maximum absolute atomic E-state index is 12.5. The molecule has 0 fully saturated rings. The third-order valence-electron chi connectivity index (χ3n) is 3.34. The Balaban J connectivity index is 1.78. The van der Waals surface area contributed by atoms with Gasteiger partial charge in [0, 0.05) is 16.6 Å². The number of hydrogen-bond donors (Lipinski definition) is 1. The number of carbonyl (C=O) groups is 1. The van der Waals surface area contributed by atoms with Crippen molar-refractivity contribution >= 4 is 17.2 Å². The van der Waals surface area contributed by atoms with Crippen LogP contribution in [-0.2, 0) is 0 Å². The van der Waals surface area contributed by atoms with Gasteiger partial charge in [-0.05, 0) is 32.9 Å². The molecule has 0 saturated carbocycles. The summed E-state index contributed by atoms with van der Waals surface area (Å²) in [7, 11) is 0. The van der Waals surface area contributed by atoms with Gasteiger partial charge in [-0.3, -0.25) is 4.79 Å². The Morgan fingerprint density at radius 1 is 1.39 bits per heavy atom. The first-order chi connectivity index (χ1) is 11.0. The molecule has 0 aromatic carbocycles. The van der Waals surface area contributed by atoms with E-state index in [9.17, 15) is 4.79 Å². The van der Waals surface area contributed by atoms with E-state index in [0.29, 0.717) is 11.4 Å². The van der Waals surface area contributed by atoms with Crippen LogP contribution in [0.4, 0.5) is 0 Å². The van der Waals surface area contributed by atoms with Crippen LogP contribution < -0.4 is 5.32 Å². The number of nitrogens with one attached hydrogen (secondary N) is 1. The SMILES string of the molecule is Cc1nc(C)c(C(C)NC(=O)c2ccnc(-n3cncn3)c2)s1. The quantitative estimate of drug-likeness (QED) is 0.794. The van der Waals surface area contributed by atoms with Gasteiger partial charge in [-0.25, -0.2) is 19.6 Å². The lowest BCUT2D eigenvalue weighted by Crippen LogP contribution is -2.26. The van der Waals surface area contributed by atoms with Crippen LogP contribution in [0.5, 0.6) is 0 Å². The second-order valence-corrected chi connectivity index (χ2v) is 6.36. The lowest BCUT2D eigenvalue weighted by molar-refractivity contribution is 0.0940. The molecule has 0 radical (unpaired) electrons. The van der Waals surface area contributed by atoms with Gasteiger partial charge in [0.15, 0.2) is 5.82 Å². The number of aryl methyl sites for hydroxylation is 2. The number of nitrogens with zero attached hydrogens (tertiary/aromatic N) is 5. The summed E-state index contributed by atoms with van der Waals surface area (Å²) in [5.74, 6) is 0.388. The van der Waals surface area contributed by atoms with Gasteiger partial charge in [0.2, 0.25) is 0 Å². The smallest absolute Gasteiger partial charge is 0.251 e. The van der Waals surface area contributed by atoms with Crippen molar-refractivity contribution in [3.8, 4) is 5.82 Å². The fourth-order valence-corrected chi connectivity index (χ4v) is 3.24. The molecule has 3 heterocycles. The summed E-state index contributed by atoms with van der Waals surface area (Å²) >= 11 is 1.60. The fourth-order valence-electron chi connectivity index (χ4n) is 2.31. The van der Waals surface area contributed by atoms with E-state index in [4.69, 9.17) is 0 Å². The molecular weight excluding hydrogens is 312 g/mol. The highest BCUT2D eigenvalue weighted by Crippen LogP contribution is 2.24. The maximum Gasteiger partial charge on any atom is 0.251 e. The molecule has 8 heteroatoms. The Hall–Kier alpha value is -2.61. The first-order valence-corrected chi connectivity index (χ1v) is 7.92. The molecule has 3 aromatic rings. The number of pyridine rings is 1. The van der Waals surface area contributed by atoms with Gasteiger partial charge in [-0.1, -0.05) is 0 Å². The highest BCUT2D eigenvalue weighted by atomic mass is 32.1. The van der Waals surface area contributed by atoms with Crippen molar-refractivity contribution in [3.05, 3.63) is 52.1 Å². The largest absolute Gasteiger partial charge is 0.345 e. The average Bonchev–Trinajstić information content (AvgIpc) is 3.17. The molecule has 0 bridgehead atoms. The van der Waals surface area contributed by atoms with Crippen molar-refractivity contribution in [2.24, 2.45) is 0 Å². The van der Waals surface area contributed by atoms with Gasteiger partial charge in [0.1, 0.15) is 12.7 Å². The van der Waals surface area contributed by atoms with Crippen LogP contribution in [-0.4, -0.2) is 30.6 Å². The molecule has 23 heavy (non-hydrogen) atoms. The molecular formula is C15H16N6OS. The van der Waals surface area contributed by atoms with E-state index in [1.54, 1.807) is 29.7 Å². The molecule has 1 atom stereocenters. The second-order valence-electron chi connectivity index (χ2n) is 5.12. The van der Waals surface area contributed by atoms with Gasteiger partial charge in [0.25, 0.3) is 5.91 Å². The lowest BCUT2D eigenvalue weighted by Gasteiger charge is -2.13. The summed E-state index contributed by atoms with van der Waals surface area (Å²) in [6.45, 7) is 5.87. The summed E-state index contributed by atoms with van der Waals surface area (Å²) in [4.78, 5) is 26.0. The zero-order chi connectivity index (χ0) is 16.4. The van der Waals surface area contributed by atoms with Gasteiger partial charge in [-0.15, -0.1) is 11.3 Å². The molecule has 1 unspecified atom stereocenters. The van der Waals surface area contributed by atoms with E-state index in [-0.39, 0.29) is 11.9 Å². The van der Waals surface area contributed by atoms with Crippen molar-refractivity contribution < 1.29 is 4.79 Å². The summed E-state index contributed by atoms with van der Waals surface area (Å²) in [5, 5.41) is 8.01. The van der Waals surface area contributed by atoms with E-state index in [2.05, 4.69) is 25.4 Å². The predicted molar refractivity (Wildman–Crippen MR) is 86.6 cm³/mol. The second kappa shape index (κ2) is 6.25. The van der Waals surface area contributed by atoms with E-state index in [1.807, 2.05) is 20.8 Å². The monoisotopic (exact) mass is 328 g/mol. The third kappa shape index (κ3) is 3.26. The number of aromatic nitrogens is 5. The van der Waals surface area contributed by atoms with Crippen molar-refractivity contribution in [2.45, 2.75) is 26.8 Å². The summed E-state index contributed by atoms with van der Waals surface area (Å²) < 4.78 is 1.51. The lowest BCUT2D eigenvalue weighted by atomic mass is 10.2. The van der Waals surface area contributed by atoms with Crippen molar-refractivity contribution in [3.63, 3.8) is 0 Å². The van der Waals surface area contributed by atoms with Gasteiger partial charge < -0.3 is 5.32 Å². The molecule has 3 aromatic heterocycles. The maximum atomic E-state index is 12.5. The summed E-state index contributed by atoms with van der Waals surface area (Å²) in [6, 6.07) is 3.26. The predicted octanol–water partition coefficient (Wildman–Crippen LogP) is 2.23. The molecule has 0 saturated heterocycles. The van der Waals surface area contributed by atoms with Crippen LogP contribution in [0, 0.1) is 13.8 Å². The number of thiazole rings is 1. The Labute approximate surface area is 137 Å². The molecule has 1 amide bonds. The third-order valence-corrected chi connectivity index (χ3v) is 4.60. The number of carbonyl (C=O) groups excluding carboxylic acids is 1. The number of hydrogen-bond acceptors (Lipinski definition) is 6. The average molecular weight is 328 g/mol. The fraction of sp³-hybridized carbons (Fsp3) is 0.267. The van der Waals surface area contributed by atoms with Crippen LogP contribution in [0.25, 0.3) is 5.82 Å². The zero-order valence-electron chi connectivity index (χ0n) is 13.0. The van der Waals surface area contributed by atoms with Crippen LogP contribution in [0.1, 0.15) is 38.9 Å². The standard InChI is InChI=1S/C15H16N6OS/c1-9-14(23-11(3)19-9)10(2)20-15(22)12-4-5-17-13(6-12)21-8-16-7-18-21/h4-8,10H,1-3H3,(H,20,22). The molecule has 0 aliphatic heterocycles. The first-order valence-electron chi connectivity index (χ1n) is 7.10. The van der Waals surface area contributed by atoms with E-state index in [0.717, 1.165) is 15.6 Å². The number of amides is 1. The minimum absolute atomic E-state index is 0.100. The Morgan fingerprint density at radius 3 is 2.87 bits per heavy atom. The van der Waals surface area contributed by atoms with E-state index in [1.165, 1.54) is 17.3 Å². The van der Waals surface area contributed by atoms with Gasteiger partial charge >= 0.3 is 0 Å². The summed E-state index contributed by atoms with van der Waals surface area (Å²) in [5.41, 5.74) is 1.48. The van der Waals surface area contributed by atoms with Gasteiger partial charge in [0.05, 0.1) is 16.7 Å². The molecule has 3 rings (SSSR count). The first kappa shape index (κ1) is 15.3. The van der Waals surface area contributed by atoms with E-state index < -0.39 is 0 Å². The Morgan fingerprint density at radius 2 is 2.22 bits per heavy atom. The van der Waals surface area contributed by atoms with Crippen LogP contribution in [0.3, 0.4) is 0 Å². The Bertz CT molecular complexity index is 826. The molecule has 1 N–H and O–H groups in total. The minimum Gasteiger partial charge on any atom is -0.345 e. The molecule has 0 spiro atoms. The minimum atomic E-state index is -0.160. The van der Waals surface area contributed by atoms with E-state index >= 15 is 0 Å². The van der Waals surface area contributed by atoms with Crippen molar-refractivity contribution in [2.75, 3.05) is 0 Å².